The minimum Gasteiger partial charge on any atom is -0.387 e. The van der Waals surface area contributed by atoms with E-state index in [1.54, 1.807) is 23.3 Å². The highest BCUT2D eigenvalue weighted by molar-refractivity contribution is 7.99. The van der Waals surface area contributed by atoms with Crippen LogP contribution in [0.15, 0.2) is 42.1 Å². The van der Waals surface area contributed by atoms with Crippen LogP contribution < -0.4 is 5.32 Å². The smallest absolute Gasteiger partial charge is 0.167 e. The quantitative estimate of drug-likeness (QED) is 0.484. The lowest BCUT2D eigenvalue weighted by Crippen LogP contribution is -2.32. The van der Waals surface area contributed by atoms with Gasteiger partial charge in [0.15, 0.2) is 23.2 Å². The predicted octanol–water partition coefficient (Wildman–Crippen LogP) is 0.834. The SMILES string of the molecule is O[C@@H]1[C@@H](CSc2ccncc2)OC(n2cnc3c(N[C@@H]4CCOC4)ncnc32)[C@@H]1O. The number of nitrogens with zero attached hydrogens (tertiary/aromatic N) is 5. The second-order valence-electron chi connectivity index (χ2n) is 7.29. The van der Waals surface area contributed by atoms with Gasteiger partial charge in [-0.25, -0.2) is 15.0 Å². The molecule has 0 saturated carbocycles. The lowest BCUT2D eigenvalue weighted by molar-refractivity contribution is -0.0289. The van der Waals surface area contributed by atoms with Crippen molar-refractivity contribution in [1.29, 1.82) is 0 Å². The van der Waals surface area contributed by atoms with Gasteiger partial charge in [0.25, 0.3) is 0 Å². The maximum absolute atomic E-state index is 10.6. The number of pyridine rings is 1. The summed E-state index contributed by atoms with van der Waals surface area (Å²) < 4.78 is 13.1. The molecule has 2 saturated heterocycles. The number of hydrogen-bond donors (Lipinski definition) is 3. The molecule has 3 N–H and O–H groups in total. The average Bonchev–Trinajstić information content (AvgIpc) is 3.49. The van der Waals surface area contributed by atoms with Crippen molar-refractivity contribution < 1.29 is 19.7 Å². The van der Waals surface area contributed by atoms with Gasteiger partial charge in [0.2, 0.25) is 0 Å². The fourth-order valence-electron chi connectivity index (χ4n) is 3.69. The normalized spacial score (nSPS) is 28.9. The van der Waals surface area contributed by atoms with Crippen molar-refractivity contribution in [2.45, 2.75) is 41.9 Å². The molecular weight excluding hydrogens is 408 g/mol. The molecule has 158 valence electrons. The molecule has 30 heavy (non-hydrogen) atoms. The van der Waals surface area contributed by atoms with E-state index >= 15 is 0 Å². The third-order valence-electron chi connectivity index (χ3n) is 5.30. The number of aliphatic hydroxyl groups excluding tert-OH is 2. The van der Waals surface area contributed by atoms with E-state index in [1.165, 1.54) is 18.1 Å². The number of anilines is 1. The topological polar surface area (TPSA) is 127 Å². The number of aromatic nitrogens is 5. The van der Waals surface area contributed by atoms with Crippen LogP contribution in [0, 0.1) is 0 Å². The molecule has 0 aliphatic carbocycles. The molecule has 3 aromatic heterocycles. The second kappa shape index (κ2) is 8.44. The Kier molecular flexibility index (Phi) is 5.52. The summed E-state index contributed by atoms with van der Waals surface area (Å²) in [5, 5.41) is 24.5. The molecule has 0 amide bonds. The molecule has 10 nitrogen and oxygen atoms in total. The molecule has 5 heterocycles. The molecule has 3 aromatic rings. The van der Waals surface area contributed by atoms with Crippen molar-refractivity contribution in [3.8, 4) is 0 Å². The van der Waals surface area contributed by atoms with Crippen molar-refractivity contribution >= 4 is 28.7 Å². The fourth-order valence-corrected chi connectivity index (χ4v) is 4.64. The Hall–Kier alpha value is -2.31. The van der Waals surface area contributed by atoms with Crippen LogP contribution in [-0.4, -0.2) is 78.0 Å². The number of ether oxygens (including phenoxy) is 2. The summed E-state index contributed by atoms with van der Waals surface area (Å²) in [7, 11) is 0. The van der Waals surface area contributed by atoms with Crippen molar-refractivity contribution in [1.82, 2.24) is 24.5 Å². The minimum absolute atomic E-state index is 0.179. The molecule has 5 rings (SSSR count). The van der Waals surface area contributed by atoms with Gasteiger partial charge >= 0.3 is 0 Å². The summed E-state index contributed by atoms with van der Waals surface area (Å²) in [6.45, 7) is 1.35. The Morgan fingerprint density at radius 2 is 2.03 bits per heavy atom. The highest BCUT2D eigenvalue weighted by Crippen LogP contribution is 2.34. The minimum atomic E-state index is -1.10. The van der Waals surface area contributed by atoms with Crippen molar-refractivity contribution in [3.05, 3.63) is 37.2 Å². The summed E-state index contributed by atoms with van der Waals surface area (Å²) >= 11 is 1.54. The van der Waals surface area contributed by atoms with Gasteiger partial charge in [0.1, 0.15) is 18.5 Å². The Morgan fingerprint density at radius 3 is 2.83 bits per heavy atom. The van der Waals surface area contributed by atoms with E-state index in [4.69, 9.17) is 9.47 Å². The molecule has 2 aliphatic rings. The van der Waals surface area contributed by atoms with Crippen LogP contribution in [0.1, 0.15) is 12.6 Å². The van der Waals surface area contributed by atoms with Gasteiger partial charge in [0, 0.05) is 29.6 Å². The van der Waals surface area contributed by atoms with Crippen LogP contribution in [-0.2, 0) is 9.47 Å². The standard InChI is InChI=1S/C19H22N6O4S/c26-15-13(8-30-12-1-4-20-5-2-12)29-19(16(15)27)25-10-23-14-17(21-9-22-18(14)25)24-11-3-6-28-7-11/h1-2,4-5,9-11,13,15-16,19,26-27H,3,6-8H2,(H,21,22,24)/t11-,13-,15-,16-,19?/m1/s1. The Balaban J connectivity index is 1.34. The molecule has 2 fully saturated rings. The van der Waals surface area contributed by atoms with Gasteiger partial charge in [-0.1, -0.05) is 0 Å². The molecule has 0 bridgehead atoms. The zero-order chi connectivity index (χ0) is 20.5. The van der Waals surface area contributed by atoms with Gasteiger partial charge in [-0.2, -0.15) is 0 Å². The van der Waals surface area contributed by atoms with E-state index in [-0.39, 0.29) is 6.04 Å². The summed E-state index contributed by atoms with van der Waals surface area (Å²) in [4.78, 5) is 18.1. The number of rotatable bonds is 6. The van der Waals surface area contributed by atoms with Crippen LogP contribution in [0.4, 0.5) is 5.82 Å². The summed E-state index contributed by atoms with van der Waals surface area (Å²) in [5.74, 6) is 1.11. The number of fused-ring (bicyclic) bond motifs is 1. The fraction of sp³-hybridized carbons (Fsp3) is 0.474. The third kappa shape index (κ3) is 3.74. The first-order valence-corrected chi connectivity index (χ1v) is 10.8. The van der Waals surface area contributed by atoms with E-state index in [0.717, 1.165) is 17.9 Å². The molecule has 11 heteroatoms. The second-order valence-corrected chi connectivity index (χ2v) is 8.38. The largest absolute Gasteiger partial charge is 0.387 e. The number of hydrogen-bond acceptors (Lipinski definition) is 10. The molecule has 5 atom stereocenters. The number of thioether (sulfide) groups is 1. The van der Waals surface area contributed by atoms with Crippen molar-refractivity contribution in [2.75, 3.05) is 24.3 Å². The third-order valence-corrected chi connectivity index (χ3v) is 6.41. The van der Waals surface area contributed by atoms with Gasteiger partial charge in [-0.3, -0.25) is 9.55 Å². The van der Waals surface area contributed by atoms with Crippen molar-refractivity contribution in [2.24, 2.45) is 0 Å². The molecule has 2 aliphatic heterocycles. The van der Waals surface area contributed by atoms with Gasteiger partial charge < -0.3 is 25.0 Å². The van der Waals surface area contributed by atoms with Gasteiger partial charge in [-0.05, 0) is 18.6 Å². The van der Waals surface area contributed by atoms with E-state index in [1.807, 2.05) is 12.1 Å². The van der Waals surface area contributed by atoms with E-state index in [0.29, 0.717) is 29.3 Å². The first-order valence-electron chi connectivity index (χ1n) is 9.77. The van der Waals surface area contributed by atoms with Crippen LogP contribution in [0.25, 0.3) is 11.2 Å². The lowest BCUT2D eigenvalue weighted by atomic mass is 10.1. The predicted molar refractivity (Wildman–Crippen MR) is 109 cm³/mol. The van der Waals surface area contributed by atoms with Crippen LogP contribution in [0.3, 0.4) is 0 Å². The molecule has 1 unspecified atom stereocenters. The molecule has 0 aromatic carbocycles. The Labute approximate surface area is 176 Å². The van der Waals surface area contributed by atoms with Crippen LogP contribution in [0.2, 0.25) is 0 Å². The maximum Gasteiger partial charge on any atom is 0.167 e. The van der Waals surface area contributed by atoms with Crippen molar-refractivity contribution in [3.63, 3.8) is 0 Å². The number of aliphatic hydroxyl groups is 2. The summed E-state index contributed by atoms with van der Waals surface area (Å²) in [5.41, 5.74) is 1.12. The lowest BCUT2D eigenvalue weighted by Gasteiger charge is -2.17. The van der Waals surface area contributed by atoms with Crippen LogP contribution in [0.5, 0.6) is 0 Å². The molecule has 0 spiro atoms. The average molecular weight is 430 g/mol. The number of nitrogens with one attached hydrogen (secondary N) is 1. The van der Waals surface area contributed by atoms with Gasteiger partial charge in [0.05, 0.1) is 25.1 Å². The van der Waals surface area contributed by atoms with E-state index in [9.17, 15) is 10.2 Å². The van der Waals surface area contributed by atoms with Gasteiger partial charge in [-0.15, -0.1) is 11.8 Å². The Bertz CT molecular complexity index is 999. The zero-order valence-corrected chi connectivity index (χ0v) is 16.9. The highest BCUT2D eigenvalue weighted by atomic mass is 32.2. The van der Waals surface area contributed by atoms with E-state index in [2.05, 4.69) is 25.3 Å². The maximum atomic E-state index is 10.6. The summed E-state index contributed by atoms with van der Waals surface area (Å²) in [6, 6.07) is 3.96. The first kappa shape index (κ1) is 19.6. The van der Waals surface area contributed by atoms with E-state index < -0.39 is 24.5 Å². The Morgan fingerprint density at radius 1 is 1.17 bits per heavy atom. The molecular formula is C19H22N6O4S. The highest BCUT2D eigenvalue weighted by Gasteiger charge is 2.44. The number of imidazole rings is 1. The van der Waals surface area contributed by atoms with Crippen LogP contribution >= 0.6 is 11.8 Å². The monoisotopic (exact) mass is 430 g/mol. The summed E-state index contributed by atoms with van der Waals surface area (Å²) in [6.07, 6.45) is 3.92. The zero-order valence-electron chi connectivity index (χ0n) is 16.0. The first-order chi connectivity index (χ1) is 14.7. The molecule has 0 radical (unpaired) electrons.